The Hall–Kier alpha value is -0.830. The smallest absolute Gasteiger partial charge is 0.0942 e. The van der Waals surface area contributed by atoms with E-state index in [2.05, 4.69) is 17.5 Å². The monoisotopic (exact) mass is 143 g/mol. The first kappa shape index (κ1) is 9.17. The van der Waals surface area contributed by atoms with Crippen molar-refractivity contribution in [1.29, 1.82) is 0 Å². The van der Waals surface area contributed by atoms with Crippen molar-refractivity contribution in [1.82, 2.24) is 0 Å². The summed E-state index contributed by atoms with van der Waals surface area (Å²) in [4.78, 5) is 8.89. The average Bonchev–Trinajstić information content (AvgIpc) is 1.90. The zero-order valence-electron chi connectivity index (χ0n) is 6.17. The van der Waals surface area contributed by atoms with Crippen LogP contribution in [0, 0.1) is 0 Å². The average molecular weight is 143 g/mol. The van der Waals surface area contributed by atoms with E-state index < -0.39 is 5.97 Å². The predicted molar refractivity (Wildman–Crippen MR) is 36.1 cm³/mol. The Morgan fingerprint density at radius 3 is 2.30 bits per heavy atom. The van der Waals surface area contributed by atoms with Crippen molar-refractivity contribution in [2.24, 2.45) is 0 Å². The van der Waals surface area contributed by atoms with Crippen LogP contribution in [0.5, 0.6) is 0 Å². The molecule has 0 amide bonds. The summed E-state index contributed by atoms with van der Waals surface area (Å²) >= 11 is 0. The maximum absolute atomic E-state index is 8.89. The molecule has 58 valence electrons. The Labute approximate surface area is 60.7 Å². The van der Waals surface area contributed by atoms with E-state index in [1.165, 1.54) is 19.5 Å². The van der Waals surface area contributed by atoms with Crippen molar-refractivity contribution >= 4 is 5.97 Å². The van der Waals surface area contributed by atoms with Gasteiger partial charge in [0.2, 0.25) is 0 Å². The molecule has 0 bridgehead atoms. The van der Waals surface area contributed by atoms with Gasteiger partial charge in [0, 0.05) is 12.4 Å². The lowest BCUT2D eigenvalue weighted by Crippen LogP contribution is -2.84. The molecule has 10 heavy (non-hydrogen) atoms. The highest BCUT2D eigenvalue weighted by Crippen LogP contribution is 1.77. The number of hydrogen-bond acceptors (Lipinski definition) is 2. The lowest BCUT2D eigenvalue weighted by atomic mass is 10.3. The number of rotatable bonds is 0. The Balaban J connectivity index is 0.000000180. The number of carbonyl (C=O) groups excluding carboxylic acids is 1. The van der Waals surface area contributed by atoms with Crippen molar-refractivity contribution in [3.8, 4) is 0 Å². The molecule has 0 saturated heterocycles. The van der Waals surface area contributed by atoms with Crippen LogP contribution in [0.1, 0.15) is 13.3 Å². The number of hydrogen-bond donors (Lipinski definition) is 1. The van der Waals surface area contributed by atoms with Crippen molar-refractivity contribution in [3.63, 3.8) is 0 Å². The van der Waals surface area contributed by atoms with Gasteiger partial charge < -0.3 is 15.2 Å². The van der Waals surface area contributed by atoms with E-state index in [0.29, 0.717) is 0 Å². The summed E-state index contributed by atoms with van der Waals surface area (Å²) in [6, 6.07) is 0. The lowest BCUT2D eigenvalue weighted by Gasteiger charge is -1.98. The third kappa shape index (κ3) is 10.2. The summed E-state index contributed by atoms with van der Waals surface area (Å²) in [5.74, 6) is -1.08. The summed E-state index contributed by atoms with van der Waals surface area (Å²) in [7, 11) is 0. The van der Waals surface area contributed by atoms with Crippen molar-refractivity contribution in [3.05, 3.63) is 12.2 Å². The number of aliphatic carboxylic acids is 1. The molecular weight excluding hydrogens is 130 g/mol. The van der Waals surface area contributed by atoms with Crippen LogP contribution in [0.2, 0.25) is 0 Å². The second-order valence-corrected chi connectivity index (χ2v) is 2.06. The van der Waals surface area contributed by atoms with Gasteiger partial charge in [-0.2, -0.15) is 0 Å². The van der Waals surface area contributed by atoms with Crippen molar-refractivity contribution in [2.75, 3.05) is 13.1 Å². The number of carbonyl (C=O) groups is 1. The fraction of sp³-hybridized carbons (Fsp3) is 0.571. The van der Waals surface area contributed by atoms with Gasteiger partial charge in [-0.25, -0.2) is 0 Å². The van der Waals surface area contributed by atoms with Crippen LogP contribution in [0.3, 0.4) is 0 Å². The molecule has 0 radical (unpaired) electrons. The normalized spacial score (nSPS) is 15.3. The predicted octanol–water partition coefficient (Wildman–Crippen LogP) is -1.73. The molecule has 1 rings (SSSR count). The molecule has 0 saturated carbocycles. The molecule has 0 aromatic rings. The molecule has 2 N–H and O–H groups in total. The fourth-order valence-electron chi connectivity index (χ4n) is 0.642. The Morgan fingerprint density at radius 2 is 2.20 bits per heavy atom. The zero-order valence-corrected chi connectivity index (χ0v) is 6.17. The number of quaternary nitrogens is 1. The molecule has 1 aliphatic rings. The van der Waals surface area contributed by atoms with Crippen LogP contribution < -0.4 is 10.4 Å². The maximum atomic E-state index is 8.89. The summed E-state index contributed by atoms with van der Waals surface area (Å²) in [6.07, 6.45) is 5.71. The first-order chi connectivity index (χ1) is 4.73. The van der Waals surface area contributed by atoms with E-state index in [-0.39, 0.29) is 0 Å². The molecule has 1 aliphatic heterocycles. The van der Waals surface area contributed by atoms with Crippen LogP contribution in [-0.4, -0.2) is 19.1 Å². The minimum atomic E-state index is -1.08. The van der Waals surface area contributed by atoms with E-state index in [4.69, 9.17) is 9.90 Å². The van der Waals surface area contributed by atoms with Crippen molar-refractivity contribution in [2.45, 2.75) is 13.3 Å². The van der Waals surface area contributed by atoms with E-state index in [9.17, 15) is 0 Å². The second kappa shape index (κ2) is 6.29. The Morgan fingerprint density at radius 1 is 1.60 bits per heavy atom. The molecule has 0 aromatic heterocycles. The van der Waals surface area contributed by atoms with E-state index >= 15 is 0 Å². The summed E-state index contributed by atoms with van der Waals surface area (Å²) in [5.41, 5.74) is 0. The largest absolute Gasteiger partial charge is 0.550 e. The van der Waals surface area contributed by atoms with E-state index in [1.807, 2.05) is 0 Å². The SMILES string of the molecule is C1=CC[NH2+]CC1.CC(=O)[O-]. The summed E-state index contributed by atoms with van der Waals surface area (Å²) in [6.45, 7) is 3.45. The first-order valence-corrected chi connectivity index (χ1v) is 3.37. The Kier molecular flexibility index (Phi) is 5.77. The van der Waals surface area contributed by atoms with Gasteiger partial charge in [0.05, 0.1) is 13.1 Å². The zero-order chi connectivity index (χ0) is 7.82. The third-order valence-electron chi connectivity index (χ3n) is 1.01. The van der Waals surface area contributed by atoms with Crippen LogP contribution in [0.25, 0.3) is 0 Å². The van der Waals surface area contributed by atoms with Gasteiger partial charge in [-0.1, -0.05) is 6.08 Å². The van der Waals surface area contributed by atoms with Crippen molar-refractivity contribution < 1.29 is 15.2 Å². The van der Waals surface area contributed by atoms with E-state index in [1.54, 1.807) is 0 Å². The summed E-state index contributed by atoms with van der Waals surface area (Å²) in [5, 5.41) is 11.2. The molecule has 1 heterocycles. The fourth-order valence-corrected chi connectivity index (χ4v) is 0.642. The van der Waals surface area contributed by atoms with Gasteiger partial charge in [-0.05, 0) is 13.0 Å². The van der Waals surface area contributed by atoms with Crippen LogP contribution in [-0.2, 0) is 4.79 Å². The maximum Gasteiger partial charge on any atom is 0.0942 e. The quantitative estimate of drug-likeness (QED) is 0.409. The van der Waals surface area contributed by atoms with Gasteiger partial charge in [0.25, 0.3) is 0 Å². The molecule has 0 atom stereocenters. The highest BCUT2D eigenvalue weighted by Gasteiger charge is 1.88. The van der Waals surface area contributed by atoms with Gasteiger partial charge in [-0.3, -0.25) is 0 Å². The van der Waals surface area contributed by atoms with Gasteiger partial charge >= 0.3 is 0 Å². The highest BCUT2D eigenvalue weighted by atomic mass is 16.4. The molecule has 3 heteroatoms. The van der Waals surface area contributed by atoms with Crippen LogP contribution >= 0.6 is 0 Å². The van der Waals surface area contributed by atoms with Gasteiger partial charge in [-0.15, -0.1) is 0 Å². The third-order valence-corrected chi connectivity index (χ3v) is 1.01. The molecular formula is C7H13NO2. The first-order valence-electron chi connectivity index (χ1n) is 3.37. The van der Waals surface area contributed by atoms with Crippen LogP contribution in [0.15, 0.2) is 12.2 Å². The number of carboxylic acid groups (broad SMARTS) is 1. The molecule has 3 nitrogen and oxygen atoms in total. The summed E-state index contributed by atoms with van der Waals surface area (Å²) < 4.78 is 0. The minimum Gasteiger partial charge on any atom is -0.550 e. The topological polar surface area (TPSA) is 56.7 Å². The molecule has 0 unspecified atom stereocenters. The Bertz CT molecular complexity index is 109. The highest BCUT2D eigenvalue weighted by molar-refractivity contribution is 5.60. The molecule has 0 aromatic carbocycles. The van der Waals surface area contributed by atoms with Crippen LogP contribution in [0.4, 0.5) is 0 Å². The van der Waals surface area contributed by atoms with Gasteiger partial charge in [0.1, 0.15) is 0 Å². The lowest BCUT2D eigenvalue weighted by molar-refractivity contribution is -0.647. The van der Waals surface area contributed by atoms with E-state index in [0.717, 1.165) is 6.92 Å². The molecule has 0 fully saturated rings. The standard InChI is InChI=1S/C5H9N.C2H4O2/c1-2-4-6-5-3-1;1-2(3)4/h1-2,6H,3-5H2;1H3,(H,3,4). The molecule has 0 spiro atoms. The molecule has 0 aliphatic carbocycles. The minimum absolute atomic E-state index is 0.972. The second-order valence-electron chi connectivity index (χ2n) is 2.06. The number of carboxylic acids is 1. The number of nitrogens with two attached hydrogens (primary N) is 1. The van der Waals surface area contributed by atoms with Gasteiger partial charge in [0.15, 0.2) is 0 Å².